The molecule has 3 N–H and O–H groups in total. The summed E-state index contributed by atoms with van der Waals surface area (Å²) in [6, 6.07) is 0. The number of aliphatic hydroxyl groups excluding tert-OH is 1. The quantitative estimate of drug-likeness (QED) is 0.348. The molecule has 0 heterocycles. The van der Waals surface area contributed by atoms with E-state index >= 15 is 0 Å². The van der Waals surface area contributed by atoms with Gasteiger partial charge in [0.2, 0.25) is 5.76 Å². The summed E-state index contributed by atoms with van der Waals surface area (Å²) in [7, 11) is 0. The lowest BCUT2D eigenvalue weighted by atomic mass is 10.4. The second kappa shape index (κ2) is 4.40. The van der Waals surface area contributed by atoms with Crippen molar-refractivity contribution in [1.82, 2.24) is 0 Å². The van der Waals surface area contributed by atoms with Gasteiger partial charge in [0.1, 0.15) is 0 Å². The number of allylic oxidation sites excluding steroid dienone is 2. The second-order valence-electron chi connectivity index (χ2n) is 1.67. The summed E-state index contributed by atoms with van der Waals surface area (Å²) in [6.45, 7) is 0. The topological polar surface area (TPSA) is 94.8 Å². The zero-order valence-electron chi connectivity index (χ0n) is 5.69. The summed E-state index contributed by atoms with van der Waals surface area (Å²) in [5, 5.41) is 24.3. The zero-order chi connectivity index (χ0) is 9.72. The number of hydrogen-bond donors (Lipinski definition) is 3. The molecular weight excluding hydrogens is 188 g/mol. The number of hydrogen-bond acceptors (Lipinski definition) is 3. The van der Waals surface area contributed by atoms with Gasteiger partial charge in [0.25, 0.3) is 0 Å². The SMILES string of the molecule is O=C(O)/C=C/C(Cl)=C(\O)C(=O)O. The van der Waals surface area contributed by atoms with Gasteiger partial charge in [-0.05, 0) is 6.08 Å². The summed E-state index contributed by atoms with van der Waals surface area (Å²) in [5.74, 6) is -3.99. The van der Waals surface area contributed by atoms with Crippen molar-refractivity contribution in [3.05, 3.63) is 22.9 Å². The third-order valence-electron chi connectivity index (χ3n) is 0.801. The molecule has 0 radical (unpaired) electrons. The van der Waals surface area contributed by atoms with Crippen LogP contribution in [0, 0.1) is 0 Å². The molecule has 12 heavy (non-hydrogen) atoms. The fourth-order valence-electron chi connectivity index (χ4n) is 0.326. The van der Waals surface area contributed by atoms with Gasteiger partial charge in [-0.25, -0.2) is 9.59 Å². The molecule has 66 valence electrons. The van der Waals surface area contributed by atoms with Gasteiger partial charge in [-0.3, -0.25) is 0 Å². The van der Waals surface area contributed by atoms with Gasteiger partial charge in [0, 0.05) is 6.08 Å². The molecule has 6 heteroatoms. The number of halogens is 1. The lowest BCUT2D eigenvalue weighted by Crippen LogP contribution is -2.00. The Morgan fingerprint density at radius 2 is 1.58 bits per heavy atom. The van der Waals surface area contributed by atoms with E-state index in [0.29, 0.717) is 6.08 Å². The van der Waals surface area contributed by atoms with Crippen molar-refractivity contribution >= 4 is 23.5 Å². The second-order valence-corrected chi connectivity index (χ2v) is 2.08. The van der Waals surface area contributed by atoms with Crippen molar-refractivity contribution in [1.29, 1.82) is 0 Å². The molecule has 0 fully saturated rings. The third kappa shape index (κ3) is 3.62. The van der Waals surface area contributed by atoms with Crippen LogP contribution < -0.4 is 0 Å². The van der Waals surface area contributed by atoms with Crippen molar-refractivity contribution in [3.8, 4) is 0 Å². The van der Waals surface area contributed by atoms with E-state index in [9.17, 15) is 9.59 Å². The molecule has 0 spiro atoms. The largest absolute Gasteiger partial charge is 0.501 e. The molecule has 5 nitrogen and oxygen atoms in total. The van der Waals surface area contributed by atoms with E-state index in [2.05, 4.69) is 0 Å². The molecule has 0 unspecified atom stereocenters. The number of carboxylic acid groups (broad SMARTS) is 2. The maximum atomic E-state index is 10.0. The predicted molar refractivity (Wildman–Crippen MR) is 39.9 cm³/mol. The zero-order valence-corrected chi connectivity index (χ0v) is 6.45. The van der Waals surface area contributed by atoms with Crippen LogP contribution in [0.3, 0.4) is 0 Å². The normalized spacial score (nSPS) is 12.8. The molecule has 0 aromatic carbocycles. The Kier molecular flexibility index (Phi) is 3.85. The Hall–Kier alpha value is -1.49. The van der Waals surface area contributed by atoms with Crippen molar-refractivity contribution in [2.75, 3.05) is 0 Å². The van der Waals surface area contributed by atoms with E-state index in [1.54, 1.807) is 0 Å². The molecule has 0 aliphatic rings. The Labute approximate surface area is 72.2 Å². The summed E-state index contributed by atoms with van der Waals surface area (Å²) in [6.07, 6.45) is 1.38. The summed E-state index contributed by atoms with van der Waals surface area (Å²) < 4.78 is 0. The summed E-state index contributed by atoms with van der Waals surface area (Å²) >= 11 is 5.17. The Morgan fingerprint density at radius 3 is 1.92 bits per heavy atom. The molecule has 0 aromatic rings. The van der Waals surface area contributed by atoms with Gasteiger partial charge in [-0.2, -0.15) is 0 Å². The van der Waals surface area contributed by atoms with E-state index < -0.39 is 22.7 Å². The van der Waals surface area contributed by atoms with Gasteiger partial charge >= 0.3 is 11.9 Å². The average molecular weight is 193 g/mol. The van der Waals surface area contributed by atoms with Crippen LogP contribution in [0.1, 0.15) is 0 Å². The van der Waals surface area contributed by atoms with Crippen molar-refractivity contribution in [3.63, 3.8) is 0 Å². The lowest BCUT2D eigenvalue weighted by molar-refractivity contribution is -0.135. The smallest absolute Gasteiger partial charge is 0.372 e. The molecule has 0 aromatic heterocycles. The van der Waals surface area contributed by atoms with E-state index in [1.807, 2.05) is 0 Å². The third-order valence-corrected chi connectivity index (χ3v) is 1.11. The number of aliphatic hydroxyl groups is 1. The standard InChI is InChI=1S/C6H5ClO5/c7-3(1-2-4(8)9)5(10)6(11)12/h1-2,10H,(H,8,9)(H,11,12)/b2-1+,5-3+. The maximum absolute atomic E-state index is 10.0. The highest BCUT2D eigenvalue weighted by Crippen LogP contribution is 2.08. The lowest BCUT2D eigenvalue weighted by Gasteiger charge is -1.91. The molecular formula is C6H5ClO5. The highest BCUT2D eigenvalue weighted by atomic mass is 35.5. The van der Waals surface area contributed by atoms with Crippen LogP contribution in [0.2, 0.25) is 0 Å². The van der Waals surface area contributed by atoms with Crippen LogP contribution in [0.4, 0.5) is 0 Å². The number of rotatable bonds is 3. The highest BCUT2D eigenvalue weighted by Gasteiger charge is 2.08. The fourth-order valence-corrected chi connectivity index (χ4v) is 0.469. The summed E-state index contributed by atoms with van der Waals surface area (Å²) in [5.41, 5.74) is 0. The number of carbonyl (C=O) groups is 2. The first-order valence-corrected chi connectivity index (χ1v) is 3.06. The predicted octanol–water partition coefficient (Wildman–Crippen LogP) is 0.720. The molecule has 0 aliphatic carbocycles. The van der Waals surface area contributed by atoms with Crippen molar-refractivity contribution in [2.24, 2.45) is 0 Å². The monoisotopic (exact) mass is 192 g/mol. The molecule has 0 amide bonds. The van der Waals surface area contributed by atoms with Crippen LogP contribution in [-0.2, 0) is 9.59 Å². The van der Waals surface area contributed by atoms with Gasteiger partial charge in [-0.15, -0.1) is 0 Å². The number of carboxylic acids is 2. The maximum Gasteiger partial charge on any atom is 0.372 e. The van der Waals surface area contributed by atoms with Gasteiger partial charge in [0.05, 0.1) is 5.03 Å². The van der Waals surface area contributed by atoms with E-state index in [1.165, 1.54) is 0 Å². The van der Waals surface area contributed by atoms with Crippen LogP contribution in [-0.4, -0.2) is 27.3 Å². The summed E-state index contributed by atoms with van der Waals surface area (Å²) in [4.78, 5) is 19.9. The van der Waals surface area contributed by atoms with Crippen LogP contribution in [0.15, 0.2) is 22.9 Å². The molecule has 0 bridgehead atoms. The first-order chi connectivity index (χ1) is 5.45. The van der Waals surface area contributed by atoms with Gasteiger partial charge < -0.3 is 15.3 Å². The van der Waals surface area contributed by atoms with Crippen molar-refractivity contribution in [2.45, 2.75) is 0 Å². The Bertz CT molecular complexity index is 265. The van der Waals surface area contributed by atoms with E-state index in [-0.39, 0.29) is 0 Å². The minimum Gasteiger partial charge on any atom is -0.501 e. The molecule has 0 saturated heterocycles. The van der Waals surface area contributed by atoms with Crippen LogP contribution >= 0.6 is 11.6 Å². The molecule has 0 atom stereocenters. The fraction of sp³-hybridized carbons (Fsp3) is 0. The molecule has 0 rings (SSSR count). The first kappa shape index (κ1) is 10.5. The van der Waals surface area contributed by atoms with E-state index in [4.69, 9.17) is 26.9 Å². The van der Waals surface area contributed by atoms with Crippen molar-refractivity contribution < 1.29 is 24.9 Å². The van der Waals surface area contributed by atoms with Crippen LogP contribution in [0.25, 0.3) is 0 Å². The Balaban J connectivity index is 4.58. The minimum atomic E-state index is -1.62. The van der Waals surface area contributed by atoms with E-state index in [0.717, 1.165) is 6.08 Å². The molecule has 0 aliphatic heterocycles. The minimum absolute atomic E-state index is 0.537. The molecule has 0 saturated carbocycles. The average Bonchev–Trinajstić information content (AvgIpc) is 1.98. The Morgan fingerprint density at radius 1 is 1.08 bits per heavy atom. The first-order valence-electron chi connectivity index (χ1n) is 2.68. The van der Waals surface area contributed by atoms with Crippen LogP contribution in [0.5, 0.6) is 0 Å². The van der Waals surface area contributed by atoms with Gasteiger partial charge in [-0.1, -0.05) is 11.6 Å². The number of aliphatic carboxylic acids is 2. The van der Waals surface area contributed by atoms with Gasteiger partial charge in [0.15, 0.2) is 0 Å². The highest BCUT2D eigenvalue weighted by molar-refractivity contribution is 6.33.